The maximum atomic E-state index is 11.6. The van der Waals surface area contributed by atoms with Crippen molar-refractivity contribution in [1.82, 2.24) is 5.43 Å². The summed E-state index contributed by atoms with van der Waals surface area (Å²) in [6.45, 7) is 6.16. The summed E-state index contributed by atoms with van der Waals surface area (Å²) in [5.74, 6) is 5.71. The molecular formula is C14H21ClN2O2. The Morgan fingerprint density at radius 3 is 2.63 bits per heavy atom. The quantitative estimate of drug-likeness (QED) is 0.479. The standard InChI is InChI=1S/C14H21ClN2O2/c1-4-5-13(14(18)17-16)19-12-7-6-10(9(2)3)8-11(12)15/h6-9,13H,4-5,16H2,1-3H3,(H,17,18). The number of hydrogen-bond donors (Lipinski definition) is 2. The van der Waals surface area contributed by atoms with Crippen LogP contribution in [0.2, 0.25) is 5.02 Å². The summed E-state index contributed by atoms with van der Waals surface area (Å²) in [6.07, 6.45) is 0.794. The second kappa shape index (κ2) is 7.36. The molecule has 0 aromatic heterocycles. The van der Waals surface area contributed by atoms with Crippen LogP contribution in [-0.4, -0.2) is 12.0 Å². The van der Waals surface area contributed by atoms with Gasteiger partial charge in [0.25, 0.3) is 5.91 Å². The largest absolute Gasteiger partial charge is 0.479 e. The number of nitrogens with two attached hydrogens (primary N) is 1. The summed E-state index contributed by atoms with van der Waals surface area (Å²) in [7, 11) is 0. The number of hydrogen-bond acceptors (Lipinski definition) is 3. The predicted octanol–water partition coefficient (Wildman–Crippen LogP) is 3.00. The van der Waals surface area contributed by atoms with E-state index in [9.17, 15) is 4.79 Å². The van der Waals surface area contributed by atoms with Gasteiger partial charge in [-0.2, -0.15) is 0 Å². The van der Waals surface area contributed by atoms with E-state index in [1.807, 2.05) is 19.1 Å². The highest BCUT2D eigenvalue weighted by molar-refractivity contribution is 6.32. The van der Waals surface area contributed by atoms with Gasteiger partial charge in [-0.1, -0.05) is 44.9 Å². The molecule has 3 N–H and O–H groups in total. The number of ether oxygens (including phenoxy) is 1. The van der Waals surface area contributed by atoms with Crippen molar-refractivity contribution in [2.75, 3.05) is 0 Å². The van der Waals surface area contributed by atoms with E-state index in [1.54, 1.807) is 6.07 Å². The first-order valence-electron chi connectivity index (χ1n) is 6.46. The van der Waals surface area contributed by atoms with Crippen molar-refractivity contribution in [2.24, 2.45) is 5.84 Å². The normalized spacial score (nSPS) is 12.3. The third kappa shape index (κ3) is 4.40. The molecule has 106 valence electrons. The molecule has 0 aliphatic heterocycles. The molecular weight excluding hydrogens is 264 g/mol. The lowest BCUT2D eigenvalue weighted by molar-refractivity contribution is -0.128. The van der Waals surface area contributed by atoms with Crippen molar-refractivity contribution in [3.05, 3.63) is 28.8 Å². The third-order valence-corrected chi connectivity index (χ3v) is 3.17. The summed E-state index contributed by atoms with van der Waals surface area (Å²) in [5, 5.41) is 0.511. The van der Waals surface area contributed by atoms with Gasteiger partial charge >= 0.3 is 0 Å². The van der Waals surface area contributed by atoms with Crippen LogP contribution in [-0.2, 0) is 4.79 Å². The smallest absolute Gasteiger partial charge is 0.274 e. The summed E-state index contributed by atoms with van der Waals surface area (Å²) in [6, 6.07) is 5.62. The number of hydrazine groups is 1. The molecule has 1 aromatic carbocycles. The van der Waals surface area contributed by atoms with E-state index in [4.69, 9.17) is 22.2 Å². The van der Waals surface area contributed by atoms with Gasteiger partial charge in [-0.15, -0.1) is 0 Å². The summed E-state index contributed by atoms with van der Waals surface area (Å²) >= 11 is 6.18. The van der Waals surface area contributed by atoms with Crippen LogP contribution < -0.4 is 16.0 Å². The van der Waals surface area contributed by atoms with Gasteiger partial charge in [-0.3, -0.25) is 10.2 Å². The van der Waals surface area contributed by atoms with Crippen molar-refractivity contribution >= 4 is 17.5 Å². The maximum absolute atomic E-state index is 11.6. The van der Waals surface area contributed by atoms with Gasteiger partial charge in [0.1, 0.15) is 5.75 Å². The second-order valence-electron chi connectivity index (χ2n) is 4.75. The first-order chi connectivity index (χ1) is 8.99. The van der Waals surface area contributed by atoms with E-state index in [2.05, 4.69) is 19.3 Å². The molecule has 0 bridgehead atoms. The molecule has 19 heavy (non-hydrogen) atoms. The van der Waals surface area contributed by atoms with Gasteiger partial charge in [-0.05, 0) is 30.0 Å². The van der Waals surface area contributed by atoms with Gasteiger partial charge in [0, 0.05) is 0 Å². The average Bonchev–Trinajstić information content (AvgIpc) is 2.39. The van der Waals surface area contributed by atoms with Gasteiger partial charge in [0.15, 0.2) is 6.10 Å². The predicted molar refractivity (Wildman–Crippen MR) is 77.2 cm³/mol. The highest BCUT2D eigenvalue weighted by Crippen LogP contribution is 2.29. The fourth-order valence-corrected chi connectivity index (χ4v) is 1.96. The first kappa shape index (κ1) is 15.8. The Balaban J connectivity index is 2.87. The Hall–Kier alpha value is -1.26. The monoisotopic (exact) mass is 284 g/mol. The lowest BCUT2D eigenvalue weighted by atomic mass is 10.0. The molecule has 1 unspecified atom stereocenters. The molecule has 0 aliphatic rings. The SMILES string of the molecule is CCCC(Oc1ccc(C(C)C)cc1Cl)C(=O)NN. The minimum atomic E-state index is -0.614. The number of rotatable bonds is 6. The van der Waals surface area contributed by atoms with Crippen molar-refractivity contribution in [3.8, 4) is 5.75 Å². The number of amides is 1. The maximum Gasteiger partial charge on any atom is 0.274 e. The van der Waals surface area contributed by atoms with Crippen LogP contribution in [0.1, 0.15) is 45.1 Å². The minimum Gasteiger partial charge on any atom is -0.479 e. The molecule has 0 aliphatic carbocycles. The van der Waals surface area contributed by atoms with E-state index in [0.717, 1.165) is 12.0 Å². The van der Waals surface area contributed by atoms with Crippen LogP contribution in [0, 0.1) is 0 Å². The minimum absolute atomic E-state index is 0.342. The molecule has 1 atom stereocenters. The van der Waals surface area contributed by atoms with E-state index in [0.29, 0.717) is 23.1 Å². The van der Waals surface area contributed by atoms with Gasteiger partial charge in [0.05, 0.1) is 5.02 Å². The molecule has 0 saturated heterocycles. The van der Waals surface area contributed by atoms with E-state index in [-0.39, 0.29) is 5.91 Å². The fraction of sp³-hybridized carbons (Fsp3) is 0.500. The van der Waals surface area contributed by atoms with Crippen molar-refractivity contribution in [2.45, 2.75) is 45.6 Å². The number of carbonyl (C=O) groups excluding carboxylic acids is 1. The van der Waals surface area contributed by atoms with Crippen LogP contribution in [0.15, 0.2) is 18.2 Å². The summed E-state index contributed by atoms with van der Waals surface area (Å²) in [4.78, 5) is 11.6. The topological polar surface area (TPSA) is 64.3 Å². The Morgan fingerprint density at radius 1 is 1.47 bits per heavy atom. The average molecular weight is 285 g/mol. The molecule has 0 heterocycles. The van der Waals surface area contributed by atoms with Crippen molar-refractivity contribution in [1.29, 1.82) is 0 Å². The highest BCUT2D eigenvalue weighted by Gasteiger charge is 2.19. The number of nitrogens with one attached hydrogen (secondary N) is 1. The van der Waals surface area contributed by atoms with E-state index < -0.39 is 6.10 Å². The van der Waals surface area contributed by atoms with Crippen LogP contribution in [0.3, 0.4) is 0 Å². The molecule has 0 radical (unpaired) electrons. The molecule has 1 amide bonds. The zero-order valence-corrected chi connectivity index (χ0v) is 12.3. The van der Waals surface area contributed by atoms with Gasteiger partial charge in [-0.25, -0.2) is 5.84 Å². The van der Waals surface area contributed by atoms with E-state index >= 15 is 0 Å². The van der Waals surface area contributed by atoms with Crippen LogP contribution in [0.4, 0.5) is 0 Å². The van der Waals surface area contributed by atoms with Crippen molar-refractivity contribution < 1.29 is 9.53 Å². The fourth-order valence-electron chi connectivity index (χ4n) is 1.72. The van der Waals surface area contributed by atoms with Crippen LogP contribution in [0.5, 0.6) is 5.75 Å². The first-order valence-corrected chi connectivity index (χ1v) is 6.84. The lowest BCUT2D eigenvalue weighted by Crippen LogP contribution is -2.42. The number of halogens is 1. The highest BCUT2D eigenvalue weighted by atomic mass is 35.5. The molecule has 4 nitrogen and oxygen atoms in total. The van der Waals surface area contributed by atoms with Crippen LogP contribution in [0.25, 0.3) is 0 Å². The zero-order valence-electron chi connectivity index (χ0n) is 11.6. The number of benzene rings is 1. The Morgan fingerprint density at radius 2 is 2.16 bits per heavy atom. The molecule has 1 aromatic rings. The molecule has 1 rings (SSSR count). The van der Waals surface area contributed by atoms with Gasteiger partial charge in [0.2, 0.25) is 0 Å². The third-order valence-electron chi connectivity index (χ3n) is 2.88. The molecule has 5 heteroatoms. The van der Waals surface area contributed by atoms with Crippen molar-refractivity contribution in [3.63, 3.8) is 0 Å². The number of carbonyl (C=O) groups is 1. The molecule has 0 spiro atoms. The van der Waals surface area contributed by atoms with Gasteiger partial charge < -0.3 is 4.74 Å². The lowest BCUT2D eigenvalue weighted by Gasteiger charge is -2.18. The summed E-state index contributed by atoms with van der Waals surface area (Å²) in [5.41, 5.74) is 3.24. The summed E-state index contributed by atoms with van der Waals surface area (Å²) < 4.78 is 5.65. The molecule has 0 fully saturated rings. The Kier molecular flexibility index (Phi) is 6.12. The zero-order chi connectivity index (χ0) is 14.4. The Labute approximate surface area is 119 Å². The Bertz CT molecular complexity index is 435. The van der Waals surface area contributed by atoms with E-state index in [1.165, 1.54) is 0 Å². The second-order valence-corrected chi connectivity index (χ2v) is 5.16. The van der Waals surface area contributed by atoms with Crippen LogP contribution >= 0.6 is 11.6 Å². The molecule has 0 saturated carbocycles.